The number of methoxy groups -OCH3 is 2. The molecule has 1 fully saturated rings. The lowest BCUT2D eigenvalue weighted by Crippen LogP contribution is -2.35. The molecular formula is C31H31N3O5. The van der Waals surface area contributed by atoms with Crippen LogP contribution in [0.5, 0.6) is 17.2 Å². The van der Waals surface area contributed by atoms with E-state index < -0.39 is 5.91 Å². The van der Waals surface area contributed by atoms with E-state index in [0.717, 1.165) is 31.5 Å². The Balaban J connectivity index is 1.39. The average molecular weight is 526 g/mol. The number of benzene rings is 3. The number of ether oxygens (including phenoxy) is 3. The van der Waals surface area contributed by atoms with E-state index in [1.807, 2.05) is 35.2 Å². The molecule has 0 radical (unpaired) electrons. The molecule has 0 unspecified atom stereocenters. The van der Waals surface area contributed by atoms with E-state index in [1.54, 1.807) is 49.6 Å². The number of likely N-dealkylation sites (tertiary alicyclic amines) is 1. The third kappa shape index (κ3) is 7.17. The molecule has 0 aliphatic carbocycles. The van der Waals surface area contributed by atoms with Gasteiger partial charge in [0.25, 0.3) is 11.8 Å². The quantitative estimate of drug-likeness (QED) is 0.294. The average Bonchev–Trinajstić information content (AvgIpc) is 2.99. The van der Waals surface area contributed by atoms with Gasteiger partial charge in [0.1, 0.15) is 24.0 Å². The van der Waals surface area contributed by atoms with Gasteiger partial charge >= 0.3 is 0 Å². The second-order valence-corrected chi connectivity index (χ2v) is 9.10. The molecule has 1 N–H and O–H groups in total. The van der Waals surface area contributed by atoms with E-state index in [4.69, 9.17) is 14.2 Å². The van der Waals surface area contributed by atoms with Crippen LogP contribution in [0, 0.1) is 11.3 Å². The first-order valence-electron chi connectivity index (χ1n) is 12.8. The number of piperidine rings is 1. The van der Waals surface area contributed by atoms with E-state index in [2.05, 4.69) is 5.32 Å². The fourth-order valence-corrected chi connectivity index (χ4v) is 4.27. The molecule has 0 saturated carbocycles. The Hall–Kier alpha value is -4.77. The lowest BCUT2D eigenvalue weighted by Gasteiger charge is -2.26. The molecular weight excluding hydrogens is 494 g/mol. The summed E-state index contributed by atoms with van der Waals surface area (Å²) in [6.07, 6.45) is 4.79. The number of anilines is 1. The number of carbonyl (C=O) groups is 2. The van der Waals surface area contributed by atoms with Crippen molar-refractivity contribution in [1.82, 2.24) is 4.90 Å². The molecule has 2 amide bonds. The van der Waals surface area contributed by atoms with Gasteiger partial charge in [-0.15, -0.1) is 0 Å². The van der Waals surface area contributed by atoms with Gasteiger partial charge in [0.2, 0.25) is 0 Å². The first-order chi connectivity index (χ1) is 19.0. The van der Waals surface area contributed by atoms with Gasteiger partial charge in [-0.25, -0.2) is 0 Å². The van der Waals surface area contributed by atoms with Crippen LogP contribution in [0.1, 0.15) is 40.7 Å². The van der Waals surface area contributed by atoms with Crippen LogP contribution in [0.3, 0.4) is 0 Å². The first-order valence-corrected chi connectivity index (χ1v) is 12.8. The molecule has 1 heterocycles. The molecule has 0 spiro atoms. The lowest BCUT2D eigenvalue weighted by atomic mass is 10.1. The number of nitrogens with one attached hydrogen (secondary N) is 1. The molecule has 8 nitrogen and oxygen atoms in total. The van der Waals surface area contributed by atoms with Crippen molar-refractivity contribution in [3.63, 3.8) is 0 Å². The lowest BCUT2D eigenvalue weighted by molar-refractivity contribution is -0.112. The number of carbonyl (C=O) groups excluding carboxylic acids is 2. The number of hydrogen-bond acceptors (Lipinski definition) is 6. The minimum absolute atomic E-state index is 0.0549. The Bertz CT molecular complexity index is 1370. The summed E-state index contributed by atoms with van der Waals surface area (Å²) in [5.41, 5.74) is 2.70. The fourth-order valence-electron chi connectivity index (χ4n) is 4.27. The van der Waals surface area contributed by atoms with Crippen LogP contribution in [0.15, 0.2) is 72.3 Å². The Morgan fingerprint density at radius 3 is 2.28 bits per heavy atom. The highest BCUT2D eigenvalue weighted by Crippen LogP contribution is 2.30. The molecule has 39 heavy (non-hydrogen) atoms. The summed E-state index contributed by atoms with van der Waals surface area (Å²) in [6.45, 7) is 1.92. The molecule has 4 rings (SSSR count). The highest BCUT2D eigenvalue weighted by atomic mass is 16.5. The molecule has 0 aromatic heterocycles. The maximum absolute atomic E-state index is 12.7. The van der Waals surface area contributed by atoms with Crippen molar-refractivity contribution in [2.45, 2.75) is 25.9 Å². The Morgan fingerprint density at radius 2 is 1.64 bits per heavy atom. The zero-order valence-corrected chi connectivity index (χ0v) is 22.1. The zero-order valence-electron chi connectivity index (χ0n) is 22.1. The van der Waals surface area contributed by atoms with Crippen LogP contribution in [0.25, 0.3) is 6.08 Å². The summed E-state index contributed by atoms with van der Waals surface area (Å²) in [7, 11) is 3.09. The summed E-state index contributed by atoms with van der Waals surface area (Å²) >= 11 is 0. The second-order valence-electron chi connectivity index (χ2n) is 9.10. The minimum atomic E-state index is -0.524. The predicted octanol–water partition coefficient (Wildman–Crippen LogP) is 5.45. The van der Waals surface area contributed by atoms with E-state index >= 15 is 0 Å². The number of nitrogens with zero attached hydrogens (tertiary/aromatic N) is 2. The van der Waals surface area contributed by atoms with Crippen molar-refractivity contribution >= 4 is 23.6 Å². The van der Waals surface area contributed by atoms with Gasteiger partial charge in [0.15, 0.2) is 11.5 Å². The van der Waals surface area contributed by atoms with Gasteiger partial charge in [0.05, 0.1) is 14.2 Å². The summed E-state index contributed by atoms with van der Waals surface area (Å²) in [5, 5.41) is 12.3. The molecule has 3 aromatic carbocycles. The first kappa shape index (κ1) is 27.3. The van der Waals surface area contributed by atoms with Crippen LogP contribution >= 0.6 is 0 Å². The summed E-state index contributed by atoms with van der Waals surface area (Å²) in [6, 6.07) is 21.4. The molecule has 200 valence electrons. The number of nitriles is 1. The third-order valence-corrected chi connectivity index (χ3v) is 6.45. The Labute approximate surface area is 228 Å². The number of amides is 2. The van der Waals surface area contributed by atoms with Gasteiger partial charge in [-0.2, -0.15) is 5.26 Å². The van der Waals surface area contributed by atoms with Crippen LogP contribution in [0.4, 0.5) is 5.69 Å². The third-order valence-electron chi connectivity index (χ3n) is 6.45. The molecule has 1 saturated heterocycles. The van der Waals surface area contributed by atoms with Crippen molar-refractivity contribution in [2.24, 2.45) is 0 Å². The zero-order chi connectivity index (χ0) is 27.6. The van der Waals surface area contributed by atoms with E-state index in [1.165, 1.54) is 19.6 Å². The van der Waals surface area contributed by atoms with Crippen LogP contribution in [-0.2, 0) is 11.4 Å². The molecule has 0 atom stereocenters. The highest BCUT2D eigenvalue weighted by molar-refractivity contribution is 6.09. The normalized spacial score (nSPS) is 13.3. The standard InChI is InChI=1S/C31H31N3O5/c1-37-27-13-11-26(12-14-27)33-30(35)25(20-32)18-23-8-15-28(29(19-23)38-2)39-21-22-6-9-24(10-7-22)31(36)34-16-4-3-5-17-34/h6-15,18-19H,3-5,16-17,21H2,1-2H3,(H,33,35)/b25-18-. The second kappa shape index (κ2) is 13.2. The van der Waals surface area contributed by atoms with Gasteiger partial charge in [-0.05, 0) is 85.0 Å². The van der Waals surface area contributed by atoms with Crippen LogP contribution in [0.2, 0.25) is 0 Å². The number of hydrogen-bond donors (Lipinski definition) is 1. The van der Waals surface area contributed by atoms with Crippen molar-refractivity contribution < 1.29 is 23.8 Å². The van der Waals surface area contributed by atoms with Gasteiger partial charge in [0, 0.05) is 24.3 Å². The van der Waals surface area contributed by atoms with Crippen LogP contribution in [-0.4, -0.2) is 44.0 Å². The predicted molar refractivity (Wildman–Crippen MR) is 149 cm³/mol. The van der Waals surface area contributed by atoms with Gasteiger partial charge in [-0.1, -0.05) is 18.2 Å². The topological polar surface area (TPSA) is 101 Å². The van der Waals surface area contributed by atoms with E-state index in [9.17, 15) is 14.9 Å². The van der Waals surface area contributed by atoms with Crippen molar-refractivity contribution in [2.75, 3.05) is 32.6 Å². The Kier molecular flexibility index (Phi) is 9.20. The Morgan fingerprint density at radius 1 is 0.923 bits per heavy atom. The van der Waals surface area contributed by atoms with Crippen molar-refractivity contribution in [3.05, 3.63) is 89.0 Å². The van der Waals surface area contributed by atoms with Crippen molar-refractivity contribution in [1.29, 1.82) is 5.26 Å². The minimum Gasteiger partial charge on any atom is -0.497 e. The molecule has 8 heteroatoms. The summed E-state index contributed by atoms with van der Waals surface area (Å²) in [5.74, 6) is 1.20. The SMILES string of the molecule is COc1ccc(NC(=O)/C(C#N)=C\c2ccc(OCc3ccc(C(=O)N4CCCCC4)cc3)c(OC)c2)cc1. The number of rotatable bonds is 9. The molecule has 3 aromatic rings. The molecule has 1 aliphatic rings. The summed E-state index contributed by atoms with van der Waals surface area (Å²) in [4.78, 5) is 27.2. The van der Waals surface area contributed by atoms with E-state index in [0.29, 0.717) is 34.1 Å². The van der Waals surface area contributed by atoms with Crippen molar-refractivity contribution in [3.8, 4) is 23.3 Å². The monoisotopic (exact) mass is 525 g/mol. The maximum Gasteiger partial charge on any atom is 0.266 e. The molecule has 1 aliphatic heterocycles. The smallest absolute Gasteiger partial charge is 0.266 e. The van der Waals surface area contributed by atoms with Gasteiger partial charge < -0.3 is 24.4 Å². The largest absolute Gasteiger partial charge is 0.497 e. The van der Waals surface area contributed by atoms with Crippen LogP contribution < -0.4 is 19.5 Å². The van der Waals surface area contributed by atoms with Gasteiger partial charge in [-0.3, -0.25) is 9.59 Å². The fraction of sp³-hybridized carbons (Fsp3) is 0.258. The van der Waals surface area contributed by atoms with E-state index in [-0.39, 0.29) is 18.1 Å². The molecule has 0 bridgehead atoms. The maximum atomic E-state index is 12.7. The highest BCUT2D eigenvalue weighted by Gasteiger charge is 2.18. The summed E-state index contributed by atoms with van der Waals surface area (Å²) < 4.78 is 16.6.